The highest BCUT2D eigenvalue weighted by atomic mass is 35.5. The standard InChI is InChI=1S/C19H16Cl2N6O2/c20-13-1-5-15(6-2-13)26-11-12(9-18(26)28)19(29)22-10-17-23-24-25-27(17)16-7-3-14(21)4-8-16/h1-8,12H,9-11H2,(H,22,29)/t12-/m0/s1. The molecule has 2 amide bonds. The first kappa shape index (κ1) is 19.4. The van der Waals surface area contributed by atoms with Crippen molar-refractivity contribution in [2.45, 2.75) is 13.0 Å². The van der Waals surface area contributed by atoms with Crippen molar-refractivity contribution in [1.82, 2.24) is 25.5 Å². The molecular weight excluding hydrogens is 415 g/mol. The van der Waals surface area contributed by atoms with Gasteiger partial charge in [-0.05, 0) is 59.0 Å². The van der Waals surface area contributed by atoms with Gasteiger partial charge in [0.05, 0.1) is 18.2 Å². The number of hydrogen-bond donors (Lipinski definition) is 1. The van der Waals surface area contributed by atoms with Crippen LogP contribution in [-0.4, -0.2) is 38.6 Å². The van der Waals surface area contributed by atoms with E-state index in [0.29, 0.717) is 22.4 Å². The molecule has 1 aliphatic rings. The molecule has 148 valence electrons. The summed E-state index contributed by atoms with van der Waals surface area (Å²) in [5, 5.41) is 15.6. The fourth-order valence-corrected chi connectivity index (χ4v) is 3.42. The van der Waals surface area contributed by atoms with Crippen molar-refractivity contribution in [2.24, 2.45) is 5.92 Å². The number of amides is 2. The second kappa shape index (κ2) is 8.18. The van der Waals surface area contributed by atoms with Gasteiger partial charge >= 0.3 is 0 Å². The summed E-state index contributed by atoms with van der Waals surface area (Å²) in [6.07, 6.45) is 0.149. The summed E-state index contributed by atoms with van der Waals surface area (Å²) in [5.41, 5.74) is 1.45. The number of anilines is 1. The summed E-state index contributed by atoms with van der Waals surface area (Å²) >= 11 is 11.8. The van der Waals surface area contributed by atoms with E-state index in [2.05, 4.69) is 20.8 Å². The Labute approximate surface area is 176 Å². The van der Waals surface area contributed by atoms with E-state index < -0.39 is 5.92 Å². The van der Waals surface area contributed by atoms with Crippen molar-refractivity contribution in [1.29, 1.82) is 0 Å². The highest BCUT2D eigenvalue weighted by Crippen LogP contribution is 2.26. The molecule has 0 radical (unpaired) electrons. The second-order valence-corrected chi connectivity index (χ2v) is 7.46. The number of aromatic nitrogens is 4. The van der Waals surface area contributed by atoms with E-state index >= 15 is 0 Å². The van der Waals surface area contributed by atoms with Crippen LogP contribution in [0.3, 0.4) is 0 Å². The first-order chi connectivity index (χ1) is 14.0. The molecule has 0 saturated carbocycles. The summed E-state index contributed by atoms with van der Waals surface area (Å²) in [5.74, 6) is -0.295. The first-order valence-corrected chi connectivity index (χ1v) is 9.63. The lowest BCUT2D eigenvalue weighted by atomic mass is 10.1. The molecule has 1 aliphatic heterocycles. The zero-order valence-electron chi connectivity index (χ0n) is 15.1. The van der Waals surface area contributed by atoms with Crippen molar-refractivity contribution in [3.63, 3.8) is 0 Å². The Balaban J connectivity index is 1.40. The van der Waals surface area contributed by atoms with Crippen LogP contribution in [0.5, 0.6) is 0 Å². The number of hydrogen-bond acceptors (Lipinski definition) is 5. The van der Waals surface area contributed by atoms with Gasteiger partial charge in [-0.2, -0.15) is 4.68 Å². The molecular formula is C19H16Cl2N6O2. The number of benzene rings is 2. The van der Waals surface area contributed by atoms with Crippen LogP contribution in [0.15, 0.2) is 48.5 Å². The number of tetrazole rings is 1. The number of carbonyl (C=O) groups is 2. The smallest absolute Gasteiger partial charge is 0.227 e. The quantitative estimate of drug-likeness (QED) is 0.671. The van der Waals surface area contributed by atoms with Gasteiger partial charge in [0.25, 0.3) is 0 Å². The maximum Gasteiger partial charge on any atom is 0.227 e. The molecule has 1 saturated heterocycles. The second-order valence-electron chi connectivity index (χ2n) is 6.58. The van der Waals surface area contributed by atoms with Crippen LogP contribution >= 0.6 is 23.2 Å². The average molecular weight is 431 g/mol. The number of halogens is 2. The molecule has 0 unspecified atom stereocenters. The molecule has 1 atom stereocenters. The molecule has 1 N–H and O–H groups in total. The van der Waals surface area contributed by atoms with E-state index in [4.69, 9.17) is 23.2 Å². The fourth-order valence-electron chi connectivity index (χ4n) is 3.16. The van der Waals surface area contributed by atoms with Crippen molar-refractivity contribution < 1.29 is 9.59 Å². The lowest BCUT2D eigenvalue weighted by Crippen LogP contribution is -2.33. The number of nitrogens with zero attached hydrogens (tertiary/aromatic N) is 5. The zero-order valence-corrected chi connectivity index (χ0v) is 16.6. The fraction of sp³-hybridized carbons (Fsp3) is 0.211. The third kappa shape index (κ3) is 4.23. The summed E-state index contributed by atoms with van der Waals surface area (Å²) in [4.78, 5) is 26.5. The van der Waals surface area contributed by atoms with Crippen molar-refractivity contribution >= 4 is 40.7 Å². The minimum absolute atomic E-state index is 0.0986. The zero-order chi connectivity index (χ0) is 20.4. The van der Waals surface area contributed by atoms with Crippen LogP contribution in [-0.2, 0) is 16.1 Å². The molecule has 4 rings (SSSR count). The lowest BCUT2D eigenvalue weighted by Gasteiger charge is -2.16. The summed E-state index contributed by atoms with van der Waals surface area (Å²) in [6, 6.07) is 14.0. The molecule has 3 aromatic rings. The molecule has 2 aromatic carbocycles. The largest absolute Gasteiger partial charge is 0.348 e. The Bertz CT molecular complexity index is 1040. The van der Waals surface area contributed by atoms with E-state index in [1.807, 2.05) is 0 Å². The summed E-state index contributed by atoms with van der Waals surface area (Å²) in [7, 11) is 0. The van der Waals surface area contributed by atoms with Crippen LogP contribution in [0.1, 0.15) is 12.2 Å². The predicted octanol–water partition coefficient (Wildman–Crippen LogP) is 2.64. The van der Waals surface area contributed by atoms with Gasteiger partial charge in [-0.3, -0.25) is 9.59 Å². The summed E-state index contributed by atoms with van der Waals surface area (Å²) < 4.78 is 1.52. The third-order valence-electron chi connectivity index (χ3n) is 4.66. The Hall–Kier alpha value is -2.97. The average Bonchev–Trinajstić information content (AvgIpc) is 3.34. The maximum absolute atomic E-state index is 12.6. The Morgan fingerprint density at radius 3 is 2.31 bits per heavy atom. The van der Waals surface area contributed by atoms with Crippen LogP contribution in [0.25, 0.3) is 5.69 Å². The Morgan fingerprint density at radius 1 is 1.03 bits per heavy atom. The Kier molecular flexibility index (Phi) is 5.46. The molecule has 1 aromatic heterocycles. The van der Waals surface area contributed by atoms with Crippen LogP contribution in [0, 0.1) is 5.92 Å². The topological polar surface area (TPSA) is 93.0 Å². The minimum atomic E-state index is -0.446. The van der Waals surface area contributed by atoms with E-state index in [0.717, 1.165) is 11.4 Å². The normalized spacial score (nSPS) is 16.3. The molecule has 10 heteroatoms. The number of carbonyl (C=O) groups excluding carboxylic acids is 2. The molecule has 8 nitrogen and oxygen atoms in total. The first-order valence-electron chi connectivity index (χ1n) is 8.88. The van der Waals surface area contributed by atoms with E-state index in [9.17, 15) is 9.59 Å². The molecule has 0 spiro atoms. The number of rotatable bonds is 5. The highest BCUT2D eigenvalue weighted by Gasteiger charge is 2.35. The molecule has 0 aliphatic carbocycles. The van der Waals surface area contributed by atoms with Gasteiger partial charge in [-0.15, -0.1) is 5.10 Å². The van der Waals surface area contributed by atoms with Gasteiger partial charge in [0, 0.05) is 28.7 Å². The predicted molar refractivity (Wildman–Crippen MR) is 108 cm³/mol. The third-order valence-corrected chi connectivity index (χ3v) is 5.16. The van der Waals surface area contributed by atoms with Crippen molar-refractivity contribution in [2.75, 3.05) is 11.4 Å². The summed E-state index contributed by atoms with van der Waals surface area (Å²) in [6.45, 7) is 0.453. The van der Waals surface area contributed by atoms with E-state index in [1.54, 1.807) is 53.4 Å². The van der Waals surface area contributed by atoms with E-state index in [-0.39, 0.29) is 24.8 Å². The van der Waals surface area contributed by atoms with Crippen LogP contribution in [0.4, 0.5) is 5.69 Å². The molecule has 29 heavy (non-hydrogen) atoms. The molecule has 1 fully saturated rings. The number of nitrogens with one attached hydrogen (secondary N) is 1. The highest BCUT2D eigenvalue weighted by molar-refractivity contribution is 6.30. The van der Waals surface area contributed by atoms with Crippen LogP contribution in [0.2, 0.25) is 10.0 Å². The van der Waals surface area contributed by atoms with Gasteiger partial charge in [-0.1, -0.05) is 23.2 Å². The maximum atomic E-state index is 12.6. The van der Waals surface area contributed by atoms with Gasteiger partial charge in [-0.25, -0.2) is 0 Å². The Morgan fingerprint density at radius 2 is 1.66 bits per heavy atom. The van der Waals surface area contributed by atoms with Gasteiger partial charge < -0.3 is 10.2 Å². The molecule has 0 bridgehead atoms. The van der Waals surface area contributed by atoms with Gasteiger partial charge in [0.2, 0.25) is 11.8 Å². The minimum Gasteiger partial charge on any atom is -0.348 e. The molecule has 2 heterocycles. The SMILES string of the molecule is O=C(NCc1nnnn1-c1ccc(Cl)cc1)[C@H]1CC(=O)N(c2ccc(Cl)cc2)C1. The monoisotopic (exact) mass is 430 g/mol. The van der Waals surface area contributed by atoms with Gasteiger partial charge in [0.1, 0.15) is 0 Å². The lowest BCUT2D eigenvalue weighted by molar-refractivity contribution is -0.126. The van der Waals surface area contributed by atoms with Crippen molar-refractivity contribution in [3.8, 4) is 5.69 Å². The van der Waals surface area contributed by atoms with E-state index in [1.165, 1.54) is 4.68 Å². The van der Waals surface area contributed by atoms with Crippen molar-refractivity contribution in [3.05, 3.63) is 64.4 Å². The van der Waals surface area contributed by atoms with Crippen LogP contribution < -0.4 is 10.2 Å². The van der Waals surface area contributed by atoms with Gasteiger partial charge in [0.15, 0.2) is 5.82 Å².